The summed E-state index contributed by atoms with van der Waals surface area (Å²) < 4.78 is 5.20. The van der Waals surface area contributed by atoms with Gasteiger partial charge in [-0.1, -0.05) is 36.4 Å². The molecule has 0 radical (unpaired) electrons. The quantitative estimate of drug-likeness (QED) is 0.606. The van der Waals surface area contributed by atoms with Gasteiger partial charge in [-0.05, 0) is 43.2 Å². The number of piperidine rings is 2. The zero-order chi connectivity index (χ0) is 23.2. The maximum Gasteiger partial charge on any atom is 0.310 e. The summed E-state index contributed by atoms with van der Waals surface area (Å²) in [4.78, 5) is 43.7. The highest BCUT2D eigenvalue weighted by Crippen LogP contribution is 2.33. The molecule has 3 heterocycles. The molecular formula is C26H32N2O4S. The Balaban J connectivity index is 1.49. The number of likely N-dealkylation sites (tertiary alicyclic amines) is 2. The number of benzene rings is 1. The molecule has 1 aromatic heterocycles. The molecule has 2 amide bonds. The molecule has 1 aromatic carbocycles. The fraction of sp³-hybridized carbons (Fsp3) is 0.500. The van der Waals surface area contributed by atoms with Crippen molar-refractivity contribution in [3.05, 3.63) is 58.3 Å². The van der Waals surface area contributed by atoms with Crippen molar-refractivity contribution >= 4 is 29.1 Å². The van der Waals surface area contributed by atoms with E-state index in [0.29, 0.717) is 45.6 Å². The average molecular weight is 469 g/mol. The van der Waals surface area contributed by atoms with Crippen LogP contribution in [0.1, 0.15) is 42.5 Å². The molecule has 4 rings (SSSR count). The number of thiophene rings is 1. The predicted molar refractivity (Wildman–Crippen MR) is 128 cm³/mol. The first-order valence-electron chi connectivity index (χ1n) is 11.9. The van der Waals surface area contributed by atoms with Crippen LogP contribution >= 0.6 is 11.3 Å². The van der Waals surface area contributed by atoms with E-state index < -0.39 is 0 Å². The SMILES string of the molecule is CCOC(=O)C1CCCN(C(=O)C2CC(c3ccccc3)CN(C(=O)Cc3cccs3)C2)C1. The Morgan fingerprint density at radius 1 is 1.00 bits per heavy atom. The van der Waals surface area contributed by atoms with Crippen LogP contribution in [0, 0.1) is 11.8 Å². The topological polar surface area (TPSA) is 66.9 Å². The van der Waals surface area contributed by atoms with E-state index in [-0.39, 0.29) is 35.5 Å². The van der Waals surface area contributed by atoms with Crippen molar-refractivity contribution in [3.63, 3.8) is 0 Å². The lowest BCUT2D eigenvalue weighted by Gasteiger charge is -2.40. The molecule has 2 saturated heterocycles. The van der Waals surface area contributed by atoms with Gasteiger partial charge in [0.05, 0.1) is 24.9 Å². The third kappa shape index (κ3) is 5.82. The molecule has 0 N–H and O–H groups in total. The highest BCUT2D eigenvalue weighted by molar-refractivity contribution is 7.10. The van der Waals surface area contributed by atoms with Crippen LogP contribution in [0.15, 0.2) is 47.8 Å². The van der Waals surface area contributed by atoms with Crippen LogP contribution < -0.4 is 0 Å². The molecule has 3 atom stereocenters. The fourth-order valence-electron chi connectivity index (χ4n) is 5.01. The summed E-state index contributed by atoms with van der Waals surface area (Å²) in [5, 5.41) is 1.98. The maximum absolute atomic E-state index is 13.6. The summed E-state index contributed by atoms with van der Waals surface area (Å²) in [6.07, 6.45) is 2.64. The first-order chi connectivity index (χ1) is 16.0. The van der Waals surface area contributed by atoms with Crippen LogP contribution in [0.4, 0.5) is 0 Å². The minimum absolute atomic E-state index is 0.0542. The summed E-state index contributed by atoms with van der Waals surface area (Å²) in [6, 6.07) is 14.1. The molecule has 2 aliphatic rings. The van der Waals surface area contributed by atoms with Crippen molar-refractivity contribution in [3.8, 4) is 0 Å². The van der Waals surface area contributed by atoms with E-state index >= 15 is 0 Å². The largest absolute Gasteiger partial charge is 0.466 e. The van der Waals surface area contributed by atoms with Crippen molar-refractivity contribution in [2.24, 2.45) is 11.8 Å². The van der Waals surface area contributed by atoms with E-state index in [1.54, 1.807) is 18.3 Å². The van der Waals surface area contributed by atoms with Crippen LogP contribution in [0.3, 0.4) is 0 Å². The number of nitrogens with zero attached hydrogens (tertiary/aromatic N) is 2. The third-order valence-electron chi connectivity index (χ3n) is 6.68. The standard InChI is InChI=1S/C26H32N2O4S/c1-2-32-26(31)20-10-6-12-27(16-20)25(30)22-14-21(19-8-4-3-5-9-19)17-28(18-22)24(29)15-23-11-7-13-33-23/h3-5,7-9,11,13,20-22H,2,6,10,12,14-18H2,1H3. The third-order valence-corrected chi connectivity index (χ3v) is 7.56. The molecule has 0 spiro atoms. The number of amides is 2. The molecule has 7 heteroatoms. The Morgan fingerprint density at radius 3 is 2.52 bits per heavy atom. The minimum atomic E-state index is -0.266. The van der Waals surface area contributed by atoms with Gasteiger partial charge in [0, 0.05) is 37.0 Å². The molecule has 2 aromatic rings. The van der Waals surface area contributed by atoms with Gasteiger partial charge < -0.3 is 14.5 Å². The molecule has 0 bridgehead atoms. The Bertz CT molecular complexity index is 946. The monoisotopic (exact) mass is 468 g/mol. The average Bonchev–Trinajstić information content (AvgIpc) is 3.37. The number of hydrogen-bond acceptors (Lipinski definition) is 5. The molecule has 2 fully saturated rings. The normalized spacial score (nSPS) is 23.2. The van der Waals surface area contributed by atoms with Crippen LogP contribution in [0.25, 0.3) is 0 Å². The first kappa shape index (κ1) is 23.5. The number of rotatable bonds is 6. The maximum atomic E-state index is 13.6. The molecule has 3 unspecified atom stereocenters. The first-order valence-corrected chi connectivity index (χ1v) is 12.7. The van der Waals surface area contributed by atoms with Crippen molar-refractivity contribution in [2.45, 2.75) is 38.5 Å². The van der Waals surface area contributed by atoms with Gasteiger partial charge in [-0.3, -0.25) is 14.4 Å². The molecular weight excluding hydrogens is 436 g/mol. The number of hydrogen-bond donors (Lipinski definition) is 0. The van der Waals surface area contributed by atoms with Crippen LogP contribution in [0.5, 0.6) is 0 Å². The fourth-order valence-corrected chi connectivity index (χ4v) is 5.71. The van der Waals surface area contributed by atoms with Crippen LogP contribution in [-0.4, -0.2) is 60.4 Å². The minimum Gasteiger partial charge on any atom is -0.466 e. The lowest BCUT2D eigenvalue weighted by atomic mass is 9.83. The lowest BCUT2D eigenvalue weighted by Crippen LogP contribution is -2.51. The summed E-state index contributed by atoms with van der Waals surface area (Å²) in [7, 11) is 0. The summed E-state index contributed by atoms with van der Waals surface area (Å²) >= 11 is 1.58. The Morgan fingerprint density at radius 2 is 1.79 bits per heavy atom. The number of ether oxygens (including phenoxy) is 1. The van der Waals surface area contributed by atoms with Gasteiger partial charge >= 0.3 is 5.97 Å². The second kappa shape index (κ2) is 11.0. The van der Waals surface area contributed by atoms with Gasteiger partial charge in [0.25, 0.3) is 0 Å². The lowest BCUT2D eigenvalue weighted by molar-refractivity contribution is -0.152. The highest BCUT2D eigenvalue weighted by atomic mass is 32.1. The molecule has 176 valence electrons. The van der Waals surface area contributed by atoms with Gasteiger partial charge in [0.1, 0.15) is 0 Å². The smallest absolute Gasteiger partial charge is 0.310 e. The van der Waals surface area contributed by atoms with Crippen molar-refractivity contribution < 1.29 is 19.1 Å². The van der Waals surface area contributed by atoms with Crippen molar-refractivity contribution in [1.82, 2.24) is 9.80 Å². The molecule has 0 saturated carbocycles. The van der Waals surface area contributed by atoms with Gasteiger partial charge in [-0.25, -0.2) is 0 Å². The predicted octanol–water partition coefficient (Wildman–Crippen LogP) is 3.72. The number of esters is 1. The van der Waals surface area contributed by atoms with Crippen LogP contribution in [-0.2, 0) is 25.5 Å². The van der Waals surface area contributed by atoms with E-state index in [0.717, 1.165) is 23.3 Å². The number of carbonyl (C=O) groups is 3. The second-order valence-electron chi connectivity index (χ2n) is 8.97. The summed E-state index contributed by atoms with van der Waals surface area (Å²) in [6.45, 7) is 4.29. The van der Waals surface area contributed by atoms with Gasteiger partial charge in [-0.15, -0.1) is 11.3 Å². The van der Waals surface area contributed by atoms with Gasteiger partial charge in [0.2, 0.25) is 11.8 Å². The Kier molecular flexibility index (Phi) is 7.81. The highest BCUT2D eigenvalue weighted by Gasteiger charge is 2.38. The zero-order valence-corrected chi connectivity index (χ0v) is 20.0. The molecule has 6 nitrogen and oxygen atoms in total. The summed E-state index contributed by atoms with van der Waals surface area (Å²) in [5.41, 5.74) is 1.16. The van der Waals surface area contributed by atoms with Crippen LogP contribution in [0.2, 0.25) is 0 Å². The van der Waals surface area contributed by atoms with Gasteiger partial charge in [-0.2, -0.15) is 0 Å². The van der Waals surface area contributed by atoms with Crippen molar-refractivity contribution in [2.75, 3.05) is 32.8 Å². The second-order valence-corrected chi connectivity index (χ2v) is 10.0. The Labute approximate surface area is 199 Å². The Hall–Kier alpha value is -2.67. The van der Waals surface area contributed by atoms with E-state index in [4.69, 9.17) is 4.74 Å². The van der Waals surface area contributed by atoms with E-state index in [1.165, 1.54) is 0 Å². The summed E-state index contributed by atoms with van der Waals surface area (Å²) in [5.74, 6) is -0.497. The molecule has 0 aliphatic carbocycles. The zero-order valence-electron chi connectivity index (χ0n) is 19.2. The van der Waals surface area contributed by atoms with E-state index in [1.807, 2.05) is 45.5 Å². The van der Waals surface area contributed by atoms with E-state index in [9.17, 15) is 14.4 Å². The van der Waals surface area contributed by atoms with E-state index in [2.05, 4.69) is 12.1 Å². The van der Waals surface area contributed by atoms with Gasteiger partial charge in [0.15, 0.2) is 0 Å². The molecule has 2 aliphatic heterocycles. The molecule has 33 heavy (non-hydrogen) atoms. The number of carbonyl (C=O) groups excluding carboxylic acids is 3. The van der Waals surface area contributed by atoms with Crippen molar-refractivity contribution in [1.29, 1.82) is 0 Å².